The maximum atomic E-state index is 13.2. The van der Waals surface area contributed by atoms with E-state index in [1.165, 1.54) is 6.92 Å². The number of hydrogen-bond donors (Lipinski definition) is 1. The van der Waals surface area contributed by atoms with Crippen molar-refractivity contribution in [2.24, 2.45) is 0 Å². The maximum Gasteiger partial charge on any atom is 0.430 e. The Balaban J connectivity index is 3.40. The largest absolute Gasteiger partial charge is 0.454 e. The third kappa shape index (κ3) is 3.42. The van der Waals surface area contributed by atoms with Crippen LogP contribution in [-0.2, 0) is 9.53 Å². The van der Waals surface area contributed by atoms with Crippen LogP contribution in [0.3, 0.4) is 0 Å². The van der Waals surface area contributed by atoms with E-state index in [1.807, 2.05) is 0 Å². The molecular weight excluding hydrogens is 445 g/mol. The van der Waals surface area contributed by atoms with Crippen molar-refractivity contribution >= 4 is 28.6 Å². The molecule has 0 bridgehead atoms. The monoisotopic (exact) mass is 462 g/mol. The van der Waals surface area contributed by atoms with Crippen LogP contribution in [-0.4, -0.2) is 38.1 Å². The zero-order valence-corrected chi connectivity index (χ0v) is 14.6. The highest BCUT2D eigenvalue weighted by molar-refractivity contribution is 14.1. The minimum atomic E-state index is -6.02. The third-order valence-electron chi connectivity index (χ3n) is 4.27. The van der Waals surface area contributed by atoms with Crippen molar-refractivity contribution in [3.8, 4) is 0 Å². The van der Waals surface area contributed by atoms with Gasteiger partial charge < -0.3 is 9.84 Å². The van der Waals surface area contributed by atoms with Crippen LogP contribution in [0.2, 0.25) is 0 Å². The fourth-order valence-electron chi connectivity index (χ4n) is 2.59. The second kappa shape index (κ2) is 6.23. The first kappa shape index (κ1) is 20.8. The molecule has 1 rings (SSSR count). The van der Waals surface area contributed by atoms with E-state index < -0.39 is 45.8 Å². The predicted molar refractivity (Wildman–Crippen MR) is 77.1 cm³/mol. The van der Waals surface area contributed by atoms with Crippen molar-refractivity contribution in [3.05, 3.63) is 0 Å². The Morgan fingerprint density at radius 2 is 1.52 bits per heavy atom. The van der Waals surface area contributed by atoms with Crippen LogP contribution in [0.25, 0.3) is 0 Å². The van der Waals surface area contributed by atoms with Crippen LogP contribution in [0.4, 0.5) is 26.3 Å². The molecule has 0 spiro atoms. The van der Waals surface area contributed by atoms with Gasteiger partial charge in [-0.25, -0.2) is 0 Å². The van der Waals surface area contributed by atoms with Crippen molar-refractivity contribution in [1.29, 1.82) is 0 Å². The molecule has 1 atom stereocenters. The summed E-state index contributed by atoms with van der Waals surface area (Å²) in [6, 6.07) is 0. The van der Waals surface area contributed by atoms with Crippen molar-refractivity contribution in [2.75, 3.05) is 0 Å². The van der Waals surface area contributed by atoms with E-state index in [9.17, 15) is 36.2 Å². The van der Waals surface area contributed by atoms with Gasteiger partial charge in [-0.05, 0) is 39.0 Å². The molecule has 1 aliphatic rings. The first-order valence-electron chi connectivity index (χ1n) is 6.93. The van der Waals surface area contributed by atoms with Crippen molar-refractivity contribution < 1.29 is 41.0 Å². The van der Waals surface area contributed by atoms with Gasteiger partial charge in [0.2, 0.25) is 0 Å². The summed E-state index contributed by atoms with van der Waals surface area (Å²) in [6.07, 6.45) is -13.3. The maximum absolute atomic E-state index is 13.2. The third-order valence-corrected chi connectivity index (χ3v) is 5.47. The molecule has 1 saturated carbocycles. The number of halogens is 7. The van der Waals surface area contributed by atoms with Gasteiger partial charge in [-0.2, -0.15) is 26.3 Å². The molecular formula is C13H17F6IO3. The highest BCUT2D eigenvalue weighted by Crippen LogP contribution is 2.56. The standard InChI is InChI=1S/C13H17F6IO3/c1-3-9(2,20)8(21)23-10(6-4-5-7-10)11(22,12(14,15)16)13(17,18)19/h22H,3-7H2,1-2H3. The van der Waals surface area contributed by atoms with E-state index in [1.54, 1.807) is 29.5 Å². The van der Waals surface area contributed by atoms with E-state index in [-0.39, 0.29) is 19.3 Å². The van der Waals surface area contributed by atoms with Crippen LogP contribution in [0.15, 0.2) is 0 Å². The Morgan fingerprint density at radius 3 is 1.83 bits per heavy atom. The molecule has 1 unspecified atom stereocenters. The second-order valence-electron chi connectivity index (χ2n) is 5.85. The molecule has 3 nitrogen and oxygen atoms in total. The Morgan fingerprint density at radius 1 is 1.13 bits per heavy atom. The summed E-state index contributed by atoms with van der Waals surface area (Å²) in [5.74, 6) is -1.20. The Bertz CT molecular complexity index is 438. The lowest BCUT2D eigenvalue weighted by atomic mass is 9.79. The molecule has 0 aromatic heterocycles. The highest BCUT2D eigenvalue weighted by Gasteiger charge is 2.81. The van der Waals surface area contributed by atoms with Crippen LogP contribution in [0.1, 0.15) is 46.0 Å². The molecule has 136 valence electrons. The fourth-order valence-corrected chi connectivity index (χ4v) is 2.70. The zero-order chi connectivity index (χ0) is 18.3. The lowest BCUT2D eigenvalue weighted by molar-refractivity contribution is -0.412. The van der Waals surface area contributed by atoms with Crippen molar-refractivity contribution in [1.82, 2.24) is 0 Å². The summed E-state index contributed by atoms with van der Waals surface area (Å²) in [5, 5.41) is 9.69. The quantitative estimate of drug-likeness (QED) is 0.294. The number of rotatable bonds is 4. The summed E-state index contributed by atoms with van der Waals surface area (Å²) in [4.78, 5) is 12.1. The summed E-state index contributed by atoms with van der Waals surface area (Å²) in [5.41, 5.74) is -8.15. The molecule has 0 saturated heterocycles. The molecule has 0 heterocycles. The number of ether oxygens (including phenoxy) is 1. The van der Waals surface area contributed by atoms with Gasteiger partial charge in [0.25, 0.3) is 5.60 Å². The Kier molecular flexibility index (Phi) is 5.63. The Hall–Kier alpha value is -0.260. The minimum absolute atomic E-state index is 0.00810. The van der Waals surface area contributed by atoms with E-state index in [4.69, 9.17) is 4.74 Å². The molecule has 23 heavy (non-hydrogen) atoms. The van der Waals surface area contributed by atoms with E-state index in [0.29, 0.717) is 0 Å². The van der Waals surface area contributed by atoms with Crippen molar-refractivity contribution in [2.45, 2.75) is 72.9 Å². The average molecular weight is 462 g/mol. The highest BCUT2D eigenvalue weighted by atomic mass is 127. The van der Waals surface area contributed by atoms with Gasteiger partial charge >= 0.3 is 18.3 Å². The van der Waals surface area contributed by atoms with Gasteiger partial charge in [-0.15, -0.1) is 0 Å². The van der Waals surface area contributed by atoms with Gasteiger partial charge in [0.1, 0.15) is 3.42 Å². The number of alkyl halides is 7. The van der Waals surface area contributed by atoms with E-state index in [0.717, 1.165) is 0 Å². The molecule has 1 fully saturated rings. The number of carbonyl (C=O) groups is 1. The topological polar surface area (TPSA) is 46.5 Å². The Labute approximate surface area is 142 Å². The van der Waals surface area contributed by atoms with Gasteiger partial charge in [-0.1, -0.05) is 29.5 Å². The zero-order valence-electron chi connectivity index (χ0n) is 12.4. The normalized spacial score (nSPS) is 21.8. The summed E-state index contributed by atoms with van der Waals surface area (Å²) in [6.45, 7) is 2.90. The summed E-state index contributed by atoms with van der Waals surface area (Å²) < 4.78 is 82.4. The number of esters is 1. The first-order chi connectivity index (χ1) is 10.1. The fraction of sp³-hybridized carbons (Fsp3) is 0.923. The number of hydrogen-bond acceptors (Lipinski definition) is 3. The summed E-state index contributed by atoms with van der Waals surface area (Å²) in [7, 11) is 0. The minimum Gasteiger partial charge on any atom is -0.454 e. The van der Waals surface area contributed by atoms with Crippen LogP contribution in [0.5, 0.6) is 0 Å². The lowest BCUT2D eigenvalue weighted by Gasteiger charge is -2.46. The second-order valence-corrected chi connectivity index (χ2v) is 8.23. The molecule has 1 aliphatic carbocycles. The average Bonchev–Trinajstić information content (AvgIpc) is 2.84. The molecule has 0 aromatic carbocycles. The molecule has 1 N–H and O–H groups in total. The van der Waals surface area contributed by atoms with Gasteiger partial charge in [0.15, 0.2) is 5.60 Å². The predicted octanol–water partition coefficient (Wildman–Crippen LogP) is 4.30. The van der Waals surface area contributed by atoms with E-state index in [2.05, 4.69) is 0 Å². The van der Waals surface area contributed by atoms with Gasteiger partial charge in [0, 0.05) is 0 Å². The molecule has 0 radical (unpaired) electrons. The van der Waals surface area contributed by atoms with Crippen LogP contribution >= 0.6 is 22.6 Å². The molecule has 10 heteroatoms. The van der Waals surface area contributed by atoms with E-state index >= 15 is 0 Å². The van der Waals surface area contributed by atoms with Gasteiger partial charge in [0.05, 0.1) is 0 Å². The molecule has 0 amide bonds. The van der Waals surface area contributed by atoms with Gasteiger partial charge in [-0.3, -0.25) is 4.79 Å². The lowest BCUT2D eigenvalue weighted by Crippen LogP contribution is -2.71. The first-order valence-corrected chi connectivity index (χ1v) is 8.01. The molecule has 0 aliphatic heterocycles. The smallest absolute Gasteiger partial charge is 0.430 e. The van der Waals surface area contributed by atoms with Crippen molar-refractivity contribution in [3.63, 3.8) is 0 Å². The number of carbonyl (C=O) groups excluding carboxylic acids is 1. The SMILES string of the molecule is CCC(C)(I)C(=O)OC1(C(O)(C(F)(F)F)C(F)(F)F)CCCC1. The van der Waals surface area contributed by atoms with Crippen LogP contribution < -0.4 is 0 Å². The molecule has 0 aromatic rings. The summed E-state index contributed by atoms with van der Waals surface area (Å²) >= 11 is 1.61. The number of aliphatic hydroxyl groups is 1. The van der Waals surface area contributed by atoms with Crippen LogP contribution in [0, 0.1) is 0 Å².